The average molecular weight is 386 g/mol. The summed E-state index contributed by atoms with van der Waals surface area (Å²) in [4.78, 5) is 15.2. The molecule has 2 heterocycles. The minimum absolute atomic E-state index is 0.0861. The van der Waals surface area contributed by atoms with Crippen molar-refractivity contribution in [1.29, 1.82) is 5.41 Å². The molecular weight excluding hydrogens is 360 g/mol. The Morgan fingerprint density at radius 3 is 2.48 bits per heavy atom. The standard InChI is InChI=1S/C24H26N4O/c25-18-21-16-22(8-9-23(21)26-11-15-27-12-4-5-13-27)28-14-10-20(17-24(28)29)19-6-2-1-3-7-19/h1-3,6-10,14,16-18,25-26H,4-5,11-13,15H2. The lowest BCUT2D eigenvalue weighted by atomic mass is 10.1. The molecule has 1 aliphatic heterocycles. The fraction of sp³-hybridized carbons (Fsp3) is 0.250. The summed E-state index contributed by atoms with van der Waals surface area (Å²) in [5, 5.41) is 11.2. The molecule has 4 rings (SSSR count). The van der Waals surface area contributed by atoms with Crippen molar-refractivity contribution in [3.8, 4) is 16.8 Å². The van der Waals surface area contributed by atoms with Crippen molar-refractivity contribution in [2.75, 3.05) is 31.5 Å². The Balaban J connectivity index is 1.52. The number of pyridine rings is 1. The van der Waals surface area contributed by atoms with Gasteiger partial charge in [-0.15, -0.1) is 0 Å². The molecular formula is C24H26N4O. The van der Waals surface area contributed by atoms with Crippen molar-refractivity contribution in [1.82, 2.24) is 9.47 Å². The van der Waals surface area contributed by atoms with Crippen molar-refractivity contribution in [3.63, 3.8) is 0 Å². The van der Waals surface area contributed by atoms with Crippen LogP contribution in [0.2, 0.25) is 0 Å². The molecule has 0 atom stereocenters. The highest BCUT2D eigenvalue weighted by molar-refractivity contribution is 5.86. The maximum Gasteiger partial charge on any atom is 0.255 e. The second kappa shape index (κ2) is 8.88. The first-order valence-electron chi connectivity index (χ1n) is 10.1. The molecule has 2 aromatic carbocycles. The topological polar surface area (TPSA) is 61.1 Å². The van der Waals surface area contributed by atoms with Crippen molar-refractivity contribution < 1.29 is 0 Å². The minimum Gasteiger partial charge on any atom is -0.383 e. The molecule has 0 spiro atoms. The molecule has 0 aliphatic carbocycles. The van der Waals surface area contributed by atoms with Crippen LogP contribution in [-0.2, 0) is 0 Å². The summed E-state index contributed by atoms with van der Waals surface area (Å²) in [6.07, 6.45) is 5.72. The SMILES string of the molecule is N=Cc1cc(-n2ccc(-c3ccccc3)cc2=O)ccc1NCCN1CCCC1. The lowest BCUT2D eigenvalue weighted by Gasteiger charge is -2.17. The van der Waals surface area contributed by atoms with Gasteiger partial charge >= 0.3 is 0 Å². The molecule has 148 valence electrons. The Kier molecular flexibility index (Phi) is 5.86. The van der Waals surface area contributed by atoms with Gasteiger partial charge in [-0.1, -0.05) is 30.3 Å². The van der Waals surface area contributed by atoms with Gasteiger partial charge in [0, 0.05) is 48.5 Å². The summed E-state index contributed by atoms with van der Waals surface area (Å²) in [5.74, 6) is 0. The van der Waals surface area contributed by atoms with Gasteiger partial charge in [0.25, 0.3) is 5.56 Å². The minimum atomic E-state index is -0.0861. The predicted molar refractivity (Wildman–Crippen MR) is 120 cm³/mol. The average Bonchev–Trinajstić information content (AvgIpc) is 3.28. The number of aromatic nitrogens is 1. The van der Waals surface area contributed by atoms with Gasteiger partial charge in [0.1, 0.15) is 0 Å². The van der Waals surface area contributed by atoms with Gasteiger partial charge in [0.15, 0.2) is 0 Å². The van der Waals surface area contributed by atoms with Gasteiger partial charge in [-0.3, -0.25) is 9.36 Å². The Labute approximate surface area is 171 Å². The summed E-state index contributed by atoms with van der Waals surface area (Å²) in [6, 6.07) is 19.2. The van der Waals surface area contributed by atoms with E-state index in [-0.39, 0.29) is 5.56 Å². The molecule has 0 amide bonds. The number of rotatable bonds is 7. The van der Waals surface area contributed by atoms with Crippen LogP contribution in [0.5, 0.6) is 0 Å². The number of anilines is 1. The second-order valence-electron chi connectivity index (χ2n) is 7.38. The molecule has 1 aromatic heterocycles. The van der Waals surface area contributed by atoms with Crippen molar-refractivity contribution in [3.05, 3.63) is 82.8 Å². The summed E-state index contributed by atoms with van der Waals surface area (Å²) in [6.45, 7) is 4.23. The molecule has 29 heavy (non-hydrogen) atoms. The molecule has 0 unspecified atom stereocenters. The van der Waals surface area contributed by atoms with Gasteiger partial charge in [-0.2, -0.15) is 0 Å². The molecule has 2 N–H and O–H groups in total. The van der Waals surface area contributed by atoms with Gasteiger partial charge in [-0.25, -0.2) is 0 Å². The van der Waals surface area contributed by atoms with E-state index < -0.39 is 0 Å². The fourth-order valence-electron chi connectivity index (χ4n) is 3.84. The summed E-state index contributed by atoms with van der Waals surface area (Å²) < 4.78 is 1.62. The van der Waals surface area contributed by atoms with Crippen LogP contribution in [0.4, 0.5) is 5.69 Å². The predicted octanol–water partition coefficient (Wildman–Crippen LogP) is 4.01. The molecule has 5 heteroatoms. The highest BCUT2D eigenvalue weighted by Gasteiger charge is 2.11. The van der Waals surface area contributed by atoms with E-state index in [4.69, 9.17) is 5.41 Å². The highest BCUT2D eigenvalue weighted by Crippen LogP contribution is 2.20. The van der Waals surface area contributed by atoms with Crippen LogP contribution >= 0.6 is 0 Å². The Morgan fingerprint density at radius 1 is 0.966 bits per heavy atom. The molecule has 3 aromatic rings. The van der Waals surface area contributed by atoms with E-state index >= 15 is 0 Å². The number of benzene rings is 2. The van der Waals surface area contributed by atoms with E-state index in [2.05, 4.69) is 10.2 Å². The van der Waals surface area contributed by atoms with Crippen molar-refractivity contribution >= 4 is 11.9 Å². The highest BCUT2D eigenvalue weighted by atomic mass is 16.1. The van der Waals surface area contributed by atoms with E-state index in [1.165, 1.54) is 32.1 Å². The molecule has 5 nitrogen and oxygen atoms in total. The molecule has 0 bridgehead atoms. The Morgan fingerprint density at radius 2 is 1.76 bits per heavy atom. The van der Waals surface area contributed by atoms with Crippen LogP contribution in [0.15, 0.2) is 71.7 Å². The first-order chi connectivity index (χ1) is 14.2. The lowest BCUT2D eigenvalue weighted by Crippen LogP contribution is -2.26. The second-order valence-corrected chi connectivity index (χ2v) is 7.38. The van der Waals surface area contributed by atoms with E-state index in [0.717, 1.165) is 41.2 Å². The van der Waals surface area contributed by atoms with Crippen LogP contribution in [0.1, 0.15) is 18.4 Å². The molecule has 1 fully saturated rings. The number of nitrogens with zero attached hydrogens (tertiary/aromatic N) is 2. The third kappa shape index (κ3) is 4.46. The zero-order valence-corrected chi connectivity index (χ0v) is 16.5. The van der Waals surface area contributed by atoms with Crippen LogP contribution in [0, 0.1) is 5.41 Å². The van der Waals surface area contributed by atoms with Crippen LogP contribution in [0.25, 0.3) is 16.8 Å². The Bertz CT molecular complexity index is 1040. The molecule has 0 saturated carbocycles. The number of nitrogens with one attached hydrogen (secondary N) is 2. The van der Waals surface area contributed by atoms with E-state index in [1.54, 1.807) is 16.8 Å². The van der Waals surface area contributed by atoms with Crippen LogP contribution < -0.4 is 10.9 Å². The first kappa shape index (κ1) is 19.2. The number of hydrogen-bond acceptors (Lipinski definition) is 4. The van der Waals surface area contributed by atoms with E-state index in [9.17, 15) is 4.79 Å². The van der Waals surface area contributed by atoms with E-state index in [1.807, 2.05) is 54.6 Å². The number of likely N-dealkylation sites (tertiary alicyclic amines) is 1. The molecule has 1 aliphatic rings. The lowest BCUT2D eigenvalue weighted by molar-refractivity contribution is 0.352. The quantitative estimate of drug-likeness (QED) is 0.603. The van der Waals surface area contributed by atoms with Crippen molar-refractivity contribution in [2.45, 2.75) is 12.8 Å². The van der Waals surface area contributed by atoms with Crippen LogP contribution in [-0.4, -0.2) is 41.9 Å². The van der Waals surface area contributed by atoms with Gasteiger partial charge in [0.2, 0.25) is 0 Å². The third-order valence-electron chi connectivity index (χ3n) is 5.44. The number of hydrogen-bond donors (Lipinski definition) is 2. The molecule has 0 radical (unpaired) electrons. The maximum absolute atomic E-state index is 12.7. The third-order valence-corrected chi connectivity index (χ3v) is 5.44. The zero-order valence-electron chi connectivity index (χ0n) is 16.5. The first-order valence-corrected chi connectivity index (χ1v) is 10.1. The summed E-state index contributed by atoms with van der Waals surface area (Å²) in [7, 11) is 0. The van der Waals surface area contributed by atoms with Crippen molar-refractivity contribution in [2.24, 2.45) is 0 Å². The normalized spacial score (nSPS) is 14.1. The largest absolute Gasteiger partial charge is 0.383 e. The summed E-state index contributed by atoms with van der Waals surface area (Å²) in [5.41, 5.74) is 4.31. The van der Waals surface area contributed by atoms with Gasteiger partial charge in [0.05, 0.1) is 0 Å². The molecule has 1 saturated heterocycles. The Hall–Kier alpha value is -3.18. The van der Waals surface area contributed by atoms with Gasteiger partial charge < -0.3 is 15.6 Å². The zero-order chi connectivity index (χ0) is 20.1. The van der Waals surface area contributed by atoms with Gasteiger partial charge in [-0.05, 0) is 61.3 Å². The maximum atomic E-state index is 12.7. The monoisotopic (exact) mass is 386 g/mol. The van der Waals surface area contributed by atoms with E-state index in [0.29, 0.717) is 0 Å². The fourth-order valence-corrected chi connectivity index (χ4v) is 3.84. The summed E-state index contributed by atoms with van der Waals surface area (Å²) >= 11 is 0. The smallest absolute Gasteiger partial charge is 0.255 e. The van der Waals surface area contributed by atoms with Crippen LogP contribution in [0.3, 0.4) is 0 Å².